The fourth-order valence-corrected chi connectivity index (χ4v) is 2.40. The maximum atomic E-state index is 12.3. The van der Waals surface area contributed by atoms with Crippen molar-refractivity contribution in [1.29, 1.82) is 0 Å². The van der Waals surface area contributed by atoms with Crippen molar-refractivity contribution in [3.63, 3.8) is 0 Å². The number of carbonyl (C=O) groups excluding carboxylic acids is 2. The third kappa shape index (κ3) is 4.18. The van der Waals surface area contributed by atoms with Crippen molar-refractivity contribution in [2.45, 2.75) is 32.2 Å². The van der Waals surface area contributed by atoms with E-state index in [-0.39, 0.29) is 17.9 Å². The summed E-state index contributed by atoms with van der Waals surface area (Å²) in [6, 6.07) is -0.450. The average molecular weight is 256 g/mol. The standard InChI is InChI=1S/C12H24N4O2/c1-9(7-14-2)11(17)16-6-4-3-5-10(16)8-15-12(13)18/h9-10,14H,3-8H2,1-2H3,(H3,13,15,18). The first-order chi connectivity index (χ1) is 8.56. The van der Waals surface area contributed by atoms with Crippen molar-refractivity contribution < 1.29 is 9.59 Å². The highest BCUT2D eigenvalue weighted by Crippen LogP contribution is 2.18. The van der Waals surface area contributed by atoms with Crippen LogP contribution in [0.2, 0.25) is 0 Å². The van der Waals surface area contributed by atoms with Crippen LogP contribution in [0.25, 0.3) is 0 Å². The van der Waals surface area contributed by atoms with Crippen LogP contribution in [-0.2, 0) is 4.79 Å². The minimum absolute atomic E-state index is 0.0378. The van der Waals surface area contributed by atoms with Crippen molar-refractivity contribution in [2.75, 3.05) is 26.7 Å². The number of nitrogens with one attached hydrogen (secondary N) is 2. The normalized spacial score (nSPS) is 21.4. The molecule has 2 atom stereocenters. The van der Waals surface area contributed by atoms with Crippen LogP contribution in [0.4, 0.5) is 4.79 Å². The zero-order chi connectivity index (χ0) is 13.5. The summed E-state index contributed by atoms with van der Waals surface area (Å²) in [4.78, 5) is 24.9. The van der Waals surface area contributed by atoms with Crippen molar-refractivity contribution in [3.05, 3.63) is 0 Å². The van der Waals surface area contributed by atoms with Crippen LogP contribution in [0.15, 0.2) is 0 Å². The second kappa shape index (κ2) is 7.20. The highest BCUT2D eigenvalue weighted by molar-refractivity contribution is 5.79. The summed E-state index contributed by atoms with van der Waals surface area (Å²) < 4.78 is 0. The van der Waals surface area contributed by atoms with Crippen LogP contribution in [0.5, 0.6) is 0 Å². The smallest absolute Gasteiger partial charge is 0.312 e. The van der Waals surface area contributed by atoms with Gasteiger partial charge in [0.25, 0.3) is 0 Å². The Kier molecular flexibility index (Phi) is 5.91. The molecule has 0 saturated carbocycles. The van der Waals surface area contributed by atoms with Gasteiger partial charge in [0.15, 0.2) is 0 Å². The van der Waals surface area contributed by atoms with Crippen molar-refractivity contribution in [3.8, 4) is 0 Å². The van der Waals surface area contributed by atoms with Gasteiger partial charge in [0, 0.05) is 31.6 Å². The number of hydrogen-bond acceptors (Lipinski definition) is 3. The lowest BCUT2D eigenvalue weighted by Crippen LogP contribution is -2.52. The third-order valence-corrected chi connectivity index (χ3v) is 3.35. The van der Waals surface area contributed by atoms with Crippen molar-refractivity contribution in [2.24, 2.45) is 11.7 Å². The van der Waals surface area contributed by atoms with Gasteiger partial charge < -0.3 is 21.3 Å². The molecule has 6 nitrogen and oxygen atoms in total. The molecule has 6 heteroatoms. The number of carbonyl (C=O) groups is 2. The lowest BCUT2D eigenvalue weighted by molar-refractivity contribution is -0.138. The van der Waals surface area contributed by atoms with Crippen LogP contribution in [0.1, 0.15) is 26.2 Å². The Bertz CT molecular complexity index is 296. The van der Waals surface area contributed by atoms with Crippen LogP contribution >= 0.6 is 0 Å². The number of nitrogens with two attached hydrogens (primary N) is 1. The molecule has 0 aromatic heterocycles. The summed E-state index contributed by atoms with van der Waals surface area (Å²) in [6.45, 7) is 3.82. The van der Waals surface area contributed by atoms with Gasteiger partial charge in [-0.2, -0.15) is 0 Å². The van der Waals surface area contributed by atoms with E-state index in [9.17, 15) is 9.59 Å². The number of hydrogen-bond donors (Lipinski definition) is 3. The highest BCUT2D eigenvalue weighted by Gasteiger charge is 2.29. The molecule has 104 valence electrons. The predicted molar refractivity (Wildman–Crippen MR) is 70.0 cm³/mol. The number of nitrogens with zero attached hydrogens (tertiary/aromatic N) is 1. The summed E-state index contributed by atoms with van der Waals surface area (Å²) in [5.41, 5.74) is 5.08. The van der Waals surface area contributed by atoms with E-state index in [1.54, 1.807) is 0 Å². The van der Waals surface area contributed by atoms with Gasteiger partial charge in [-0.1, -0.05) is 6.92 Å². The zero-order valence-electron chi connectivity index (χ0n) is 11.2. The fraction of sp³-hybridized carbons (Fsp3) is 0.833. The van der Waals surface area contributed by atoms with Gasteiger partial charge in [-0.05, 0) is 26.3 Å². The van der Waals surface area contributed by atoms with E-state index in [1.165, 1.54) is 0 Å². The molecule has 1 aliphatic heterocycles. The van der Waals surface area contributed by atoms with Gasteiger partial charge in [0.05, 0.1) is 0 Å². The largest absolute Gasteiger partial charge is 0.352 e. The first-order valence-corrected chi connectivity index (χ1v) is 6.54. The molecule has 0 aromatic rings. The van der Waals surface area contributed by atoms with Gasteiger partial charge in [0.1, 0.15) is 0 Å². The Morgan fingerprint density at radius 3 is 2.78 bits per heavy atom. The topological polar surface area (TPSA) is 87.5 Å². The quantitative estimate of drug-likeness (QED) is 0.641. The molecule has 1 fully saturated rings. The van der Waals surface area contributed by atoms with E-state index in [4.69, 9.17) is 5.73 Å². The molecule has 0 aromatic carbocycles. The molecular weight excluding hydrogens is 232 g/mol. The van der Waals surface area contributed by atoms with Gasteiger partial charge in [-0.3, -0.25) is 4.79 Å². The molecule has 0 spiro atoms. The van der Waals surface area contributed by atoms with E-state index >= 15 is 0 Å². The summed E-state index contributed by atoms with van der Waals surface area (Å²) in [5.74, 6) is 0.115. The molecular formula is C12H24N4O2. The molecule has 0 aliphatic carbocycles. The van der Waals surface area contributed by atoms with Crippen LogP contribution in [0.3, 0.4) is 0 Å². The Hall–Kier alpha value is -1.30. The van der Waals surface area contributed by atoms with E-state index in [2.05, 4.69) is 10.6 Å². The Morgan fingerprint density at radius 2 is 2.17 bits per heavy atom. The predicted octanol–water partition coefficient (Wildman–Crippen LogP) is -0.109. The lowest BCUT2D eigenvalue weighted by atomic mass is 9.99. The monoisotopic (exact) mass is 256 g/mol. The van der Waals surface area contributed by atoms with Crippen molar-refractivity contribution >= 4 is 11.9 Å². The van der Waals surface area contributed by atoms with Crippen LogP contribution in [0, 0.1) is 5.92 Å². The molecule has 3 amide bonds. The summed E-state index contributed by atoms with van der Waals surface area (Å²) >= 11 is 0. The molecule has 1 rings (SSSR count). The first kappa shape index (κ1) is 14.8. The number of rotatable bonds is 5. The molecule has 2 unspecified atom stereocenters. The van der Waals surface area contributed by atoms with Crippen LogP contribution in [-0.4, -0.2) is 49.6 Å². The highest BCUT2D eigenvalue weighted by atomic mass is 16.2. The minimum Gasteiger partial charge on any atom is -0.352 e. The van der Waals surface area contributed by atoms with Gasteiger partial charge >= 0.3 is 6.03 Å². The molecule has 1 heterocycles. The molecule has 0 bridgehead atoms. The maximum Gasteiger partial charge on any atom is 0.312 e. The summed E-state index contributed by atoms with van der Waals surface area (Å²) in [5, 5.41) is 5.62. The summed E-state index contributed by atoms with van der Waals surface area (Å²) in [7, 11) is 1.84. The number of urea groups is 1. The van der Waals surface area contributed by atoms with Gasteiger partial charge in [-0.15, -0.1) is 0 Å². The Balaban J connectivity index is 2.57. The van der Waals surface area contributed by atoms with E-state index in [0.29, 0.717) is 13.1 Å². The molecule has 4 N–H and O–H groups in total. The zero-order valence-corrected chi connectivity index (χ0v) is 11.2. The molecule has 18 heavy (non-hydrogen) atoms. The van der Waals surface area contributed by atoms with E-state index in [0.717, 1.165) is 25.8 Å². The van der Waals surface area contributed by atoms with E-state index < -0.39 is 6.03 Å². The molecule has 0 radical (unpaired) electrons. The first-order valence-electron chi connectivity index (χ1n) is 6.54. The molecule has 1 saturated heterocycles. The average Bonchev–Trinajstić information content (AvgIpc) is 2.36. The lowest BCUT2D eigenvalue weighted by Gasteiger charge is -2.37. The maximum absolute atomic E-state index is 12.3. The number of amides is 3. The Morgan fingerprint density at radius 1 is 1.44 bits per heavy atom. The van der Waals surface area contributed by atoms with Gasteiger partial charge in [0.2, 0.25) is 5.91 Å². The minimum atomic E-state index is -0.531. The number of primary amides is 1. The van der Waals surface area contributed by atoms with Crippen LogP contribution < -0.4 is 16.4 Å². The second-order valence-electron chi connectivity index (χ2n) is 4.89. The van der Waals surface area contributed by atoms with Crippen molar-refractivity contribution in [1.82, 2.24) is 15.5 Å². The number of piperidine rings is 1. The summed E-state index contributed by atoms with van der Waals surface area (Å²) in [6.07, 6.45) is 3.05. The second-order valence-corrected chi connectivity index (χ2v) is 4.89. The molecule has 1 aliphatic rings. The fourth-order valence-electron chi connectivity index (χ4n) is 2.40. The Labute approximate surface area is 108 Å². The van der Waals surface area contributed by atoms with E-state index in [1.807, 2.05) is 18.9 Å². The number of likely N-dealkylation sites (tertiary alicyclic amines) is 1. The third-order valence-electron chi connectivity index (χ3n) is 3.35. The SMILES string of the molecule is CNCC(C)C(=O)N1CCCCC1CNC(N)=O. The van der Waals surface area contributed by atoms with Gasteiger partial charge in [-0.25, -0.2) is 4.79 Å².